The number of benzene rings is 1. The molecule has 0 fully saturated rings. The van der Waals surface area contributed by atoms with Gasteiger partial charge in [0.05, 0.1) is 6.61 Å². The Morgan fingerprint density at radius 1 is 1.32 bits per heavy atom. The quantitative estimate of drug-likeness (QED) is 0.703. The molecule has 0 saturated heterocycles. The van der Waals surface area contributed by atoms with E-state index in [-0.39, 0.29) is 12.3 Å². The number of rotatable bonds is 8. The zero-order chi connectivity index (χ0) is 14.1. The average Bonchev–Trinajstić information content (AvgIpc) is 2.42. The first kappa shape index (κ1) is 15.0. The van der Waals surface area contributed by atoms with Crippen molar-refractivity contribution < 1.29 is 19.4 Å². The van der Waals surface area contributed by atoms with Crippen molar-refractivity contribution in [2.45, 2.75) is 32.2 Å². The lowest BCUT2D eigenvalue weighted by Crippen LogP contribution is -2.40. The zero-order valence-corrected chi connectivity index (χ0v) is 11.0. The first-order valence-corrected chi connectivity index (χ1v) is 6.33. The maximum atomic E-state index is 11.5. The van der Waals surface area contributed by atoms with Crippen LogP contribution in [0.2, 0.25) is 0 Å². The molecule has 0 heterocycles. The van der Waals surface area contributed by atoms with Crippen molar-refractivity contribution in [1.82, 2.24) is 5.32 Å². The van der Waals surface area contributed by atoms with Gasteiger partial charge in [-0.2, -0.15) is 0 Å². The molecule has 0 aliphatic heterocycles. The van der Waals surface area contributed by atoms with E-state index in [2.05, 4.69) is 5.32 Å². The van der Waals surface area contributed by atoms with E-state index in [0.717, 1.165) is 5.75 Å². The van der Waals surface area contributed by atoms with Gasteiger partial charge in [0.2, 0.25) is 5.91 Å². The smallest absolute Gasteiger partial charge is 0.326 e. The lowest BCUT2D eigenvalue weighted by molar-refractivity contribution is -0.141. The Bertz CT molecular complexity index is 405. The number of hydrogen-bond acceptors (Lipinski definition) is 3. The summed E-state index contributed by atoms with van der Waals surface area (Å²) in [5.74, 6) is -0.498. The largest absolute Gasteiger partial charge is 0.494 e. The van der Waals surface area contributed by atoms with Crippen LogP contribution in [0.15, 0.2) is 30.3 Å². The number of amides is 1. The molecule has 0 radical (unpaired) electrons. The molecule has 1 amide bonds. The van der Waals surface area contributed by atoms with Crippen LogP contribution in [0.5, 0.6) is 5.75 Å². The third-order valence-corrected chi connectivity index (χ3v) is 2.60. The van der Waals surface area contributed by atoms with Gasteiger partial charge >= 0.3 is 5.97 Å². The summed E-state index contributed by atoms with van der Waals surface area (Å²) in [7, 11) is 0. The second kappa shape index (κ2) is 8.13. The highest BCUT2D eigenvalue weighted by Crippen LogP contribution is 2.08. The lowest BCUT2D eigenvalue weighted by atomic mass is 10.2. The molecule has 19 heavy (non-hydrogen) atoms. The van der Waals surface area contributed by atoms with Crippen LogP contribution >= 0.6 is 0 Å². The van der Waals surface area contributed by atoms with Crippen LogP contribution in [-0.4, -0.2) is 29.6 Å². The number of aliphatic carboxylic acids is 1. The van der Waals surface area contributed by atoms with Crippen LogP contribution in [0.3, 0.4) is 0 Å². The third-order valence-electron chi connectivity index (χ3n) is 2.60. The number of carbonyl (C=O) groups is 2. The first-order valence-electron chi connectivity index (χ1n) is 6.33. The van der Waals surface area contributed by atoms with E-state index in [1.165, 1.54) is 0 Å². The molecule has 5 heteroatoms. The summed E-state index contributed by atoms with van der Waals surface area (Å²) >= 11 is 0. The van der Waals surface area contributed by atoms with Crippen molar-refractivity contribution in [2.75, 3.05) is 6.61 Å². The summed E-state index contributed by atoms with van der Waals surface area (Å²) in [5, 5.41) is 11.3. The average molecular weight is 265 g/mol. The van der Waals surface area contributed by atoms with Gasteiger partial charge in [-0.1, -0.05) is 25.1 Å². The maximum absolute atomic E-state index is 11.5. The van der Waals surface area contributed by atoms with E-state index >= 15 is 0 Å². The minimum atomic E-state index is -1.00. The van der Waals surface area contributed by atoms with Crippen LogP contribution in [0.1, 0.15) is 26.2 Å². The van der Waals surface area contributed by atoms with E-state index in [1.54, 1.807) is 6.92 Å². The summed E-state index contributed by atoms with van der Waals surface area (Å²) in [5.41, 5.74) is 0. The molecule has 0 unspecified atom stereocenters. The van der Waals surface area contributed by atoms with Crippen LogP contribution in [-0.2, 0) is 9.59 Å². The topological polar surface area (TPSA) is 75.6 Å². The number of hydrogen-bond donors (Lipinski definition) is 2. The second-order valence-electron chi connectivity index (χ2n) is 4.13. The molecule has 1 rings (SSSR count). The van der Waals surface area contributed by atoms with Gasteiger partial charge in [0.1, 0.15) is 11.8 Å². The molecule has 0 saturated carbocycles. The Hall–Kier alpha value is -2.04. The van der Waals surface area contributed by atoms with Crippen LogP contribution in [0.25, 0.3) is 0 Å². The molecule has 0 bridgehead atoms. The lowest BCUT2D eigenvalue weighted by Gasteiger charge is -2.12. The Balaban J connectivity index is 2.19. The predicted molar refractivity (Wildman–Crippen MR) is 71.0 cm³/mol. The van der Waals surface area contributed by atoms with E-state index in [9.17, 15) is 9.59 Å². The molecular formula is C14H19NO4. The number of carboxylic acid groups (broad SMARTS) is 1. The van der Waals surface area contributed by atoms with Crippen LogP contribution in [0.4, 0.5) is 0 Å². The number of carbonyl (C=O) groups excluding carboxylic acids is 1. The Morgan fingerprint density at radius 3 is 2.58 bits per heavy atom. The molecule has 1 aromatic rings. The highest BCUT2D eigenvalue weighted by Gasteiger charge is 2.16. The molecule has 104 valence electrons. The second-order valence-corrected chi connectivity index (χ2v) is 4.13. The molecule has 5 nitrogen and oxygen atoms in total. The standard InChI is InChI=1S/C14H19NO4/c1-2-12(14(17)18)15-13(16)9-6-10-19-11-7-4-3-5-8-11/h3-5,7-8,12H,2,6,9-10H2,1H3,(H,15,16)(H,17,18)/t12-/m0/s1. The first-order chi connectivity index (χ1) is 9.13. The van der Waals surface area contributed by atoms with Gasteiger partial charge in [-0.25, -0.2) is 4.79 Å². The predicted octanol–water partition coefficient (Wildman–Crippen LogP) is 1.82. The third kappa shape index (κ3) is 5.90. The molecule has 1 atom stereocenters. The van der Waals surface area contributed by atoms with Crippen molar-refractivity contribution in [3.8, 4) is 5.75 Å². The summed E-state index contributed by atoms with van der Waals surface area (Å²) in [6.07, 6.45) is 1.19. The van der Waals surface area contributed by atoms with Crippen LogP contribution in [0, 0.1) is 0 Å². The fourth-order valence-electron chi connectivity index (χ4n) is 1.54. The molecule has 1 aromatic carbocycles. The summed E-state index contributed by atoms with van der Waals surface area (Å²) in [6.45, 7) is 2.15. The van der Waals surface area contributed by atoms with Crippen molar-refractivity contribution in [3.63, 3.8) is 0 Å². The van der Waals surface area contributed by atoms with Crippen LogP contribution < -0.4 is 10.1 Å². The molecule has 0 aromatic heterocycles. The van der Waals surface area contributed by atoms with Gasteiger partial charge in [0, 0.05) is 6.42 Å². The number of nitrogens with one attached hydrogen (secondary N) is 1. The highest BCUT2D eigenvalue weighted by molar-refractivity contribution is 5.83. The number of para-hydroxylation sites is 1. The summed E-state index contributed by atoms with van der Waals surface area (Å²) in [4.78, 5) is 22.2. The Kier molecular flexibility index (Phi) is 6.43. The number of carboxylic acids is 1. The summed E-state index contributed by atoms with van der Waals surface area (Å²) in [6, 6.07) is 8.54. The van der Waals surface area contributed by atoms with E-state index < -0.39 is 12.0 Å². The molecule has 0 aliphatic carbocycles. The normalized spacial score (nSPS) is 11.6. The van der Waals surface area contributed by atoms with E-state index in [0.29, 0.717) is 19.4 Å². The zero-order valence-electron chi connectivity index (χ0n) is 11.0. The van der Waals surface area contributed by atoms with Gasteiger partial charge < -0.3 is 15.2 Å². The Labute approximate surface area is 112 Å². The monoisotopic (exact) mass is 265 g/mol. The van der Waals surface area contributed by atoms with Crippen molar-refractivity contribution in [3.05, 3.63) is 30.3 Å². The summed E-state index contributed by atoms with van der Waals surface area (Å²) < 4.78 is 5.44. The minimum Gasteiger partial charge on any atom is -0.494 e. The number of ether oxygens (including phenoxy) is 1. The van der Waals surface area contributed by atoms with Gasteiger partial charge in [0.15, 0.2) is 0 Å². The molecule has 0 aliphatic rings. The van der Waals surface area contributed by atoms with Crippen molar-refractivity contribution >= 4 is 11.9 Å². The van der Waals surface area contributed by atoms with E-state index in [1.807, 2.05) is 30.3 Å². The fourth-order valence-corrected chi connectivity index (χ4v) is 1.54. The maximum Gasteiger partial charge on any atom is 0.326 e. The molecular weight excluding hydrogens is 246 g/mol. The van der Waals surface area contributed by atoms with Gasteiger partial charge in [0.25, 0.3) is 0 Å². The van der Waals surface area contributed by atoms with Gasteiger partial charge in [-0.15, -0.1) is 0 Å². The van der Waals surface area contributed by atoms with Crippen molar-refractivity contribution in [1.29, 1.82) is 0 Å². The molecule has 2 N–H and O–H groups in total. The SMILES string of the molecule is CC[C@H](NC(=O)CCCOc1ccccc1)C(=O)O. The van der Waals surface area contributed by atoms with Gasteiger partial charge in [-0.3, -0.25) is 4.79 Å². The minimum absolute atomic E-state index is 0.258. The Morgan fingerprint density at radius 2 is 2.00 bits per heavy atom. The van der Waals surface area contributed by atoms with Gasteiger partial charge in [-0.05, 0) is 25.0 Å². The highest BCUT2D eigenvalue weighted by atomic mass is 16.5. The molecule has 0 spiro atoms. The van der Waals surface area contributed by atoms with E-state index in [4.69, 9.17) is 9.84 Å². The van der Waals surface area contributed by atoms with Crippen molar-refractivity contribution in [2.24, 2.45) is 0 Å². The fraction of sp³-hybridized carbons (Fsp3) is 0.429.